The molecule has 0 bridgehead atoms. The minimum absolute atomic E-state index is 0.0368. The lowest BCUT2D eigenvalue weighted by Gasteiger charge is -2.02. The van der Waals surface area contributed by atoms with Crippen molar-refractivity contribution in [2.45, 2.75) is 27.3 Å². The van der Waals surface area contributed by atoms with Crippen LogP contribution < -0.4 is 5.32 Å². The number of aromatic amines is 1. The monoisotopic (exact) mass is 277 g/mol. The molecule has 0 aliphatic heterocycles. The smallest absolute Gasteiger partial charge is 0.268 e. The average molecular weight is 277 g/mol. The van der Waals surface area contributed by atoms with E-state index in [4.69, 9.17) is 0 Å². The molecule has 6 heteroatoms. The third-order valence-corrected chi connectivity index (χ3v) is 3.68. The van der Waals surface area contributed by atoms with Gasteiger partial charge in [-0.3, -0.25) is 9.59 Å². The number of nitrogens with one attached hydrogen (secondary N) is 2. The standard InChI is InChI=1S/C13H15N3O2S/c1-7-11(9(3)17)8(2)16-12(7)13(18)15-6-10-14-4-5-19-10/h4-5,16H,6H2,1-3H3,(H,15,18). The number of aryl methyl sites for hydroxylation is 1. The molecule has 0 spiro atoms. The van der Waals surface area contributed by atoms with E-state index in [1.54, 1.807) is 20.0 Å². The highest BCUT2D eigenvalue weighted by atomic mass is 32.1. The molecule has 100 valence electrons. The second kappa shape index (κ2) is 5.36. The first kappa shape index (κ1) is 13.5. The molecule has 19 heavy (non-hydrogen) atoms. The van der Waals surface area contributed by atoms with E-state index in [0.717, 1.165) is 10.7 Å². The van der Waals surface area contributed by atoms with E-state index in [1.165, 1.54) is 18.3 Å². The van der Waals surface area contributed by atoms with E-state index in [9.17, 15) is 9.59 Å². The molecule has 5 nitrogen and oxygen atoms in total. The number of hydrogen-bond acceptors (Lipinski definition) is 4. The molecule has 1 amide bonds. The van der Waals surface area contributed by atoms with Crippen molar-refractivity contribution in [3.8, 4) is 0 Å². The Labute approximate surface area is 115 Å². The Morgan fingerprint density at radius 3 is 2.68 bits per heavy atom. The third kappa shape index (κ3) is 2.73. The molecular formula is C13H15N3O2S. The molecule has 0 aromatic carbocycles. The van der Waals surface area contributed by atoms with Gasteiger partial charge in [0.1, 0.15) is 10.7 Å². The highest BCUT2D eigenvalue weighted by Crippen LogP contribution is 2.18. The molecule has 0 radical (unpaired) electrons. The van der Waals surface area contributed by atoms with Gasteiger partial charge >= 0.3 is 0 Å². The van der Waals surface area contributed by atoms with Gasteiger partial charge in [0, 0.05) is 22.8 Å². The second-order valence-corrected chi connectivity index (χ2v) is 5.27. The maximum atomic E-state index is 12.1. The van der Waals surface area contributed by atoms with Crippen LogP contribution in [0.2, 0.25) is 0 Å². The lowest BCUT2D eigenvalue weighted by atomic mass is 10.1. The van der Waals surface area contributed by atoms with Gasteiger partial charge in [-0.05, 0) is 26.3 Å². The fraction of sp³-hybridized carbons (Fsp3) is 0.308. The molecule has 0 unspecified atom stereocenters. The number of nitrogens with zero attached hydrogens (tertiary/aromatic N) is 1. The van der Waals surface area contributed by atoms with Crippen molar-refractivity contribution < 1.29 is 9.59 Å². The summed E-state index contributed by atoms with van der Waals surface area (Å²) in [5.74, 6) is -0.256. The summed E-state index contributed by atoms with van der Waals surface area (Å²) in [6, 6.07) is 0. The fourth-order valence-corrected chi connectivity index (χ4v) is 2.65. The molecule has 0 fully saturated rings. The highest BCUT2D eigenvalue weighted by Gasteiger charge is 2.19. The summed E-state index contributed by atoms with van der Waals surface area (Å²) < 4.78 is 0. The average Bonchev–Trinajstić information content (AvgIpc) is 2.94. The summed E-state index contributed by atoms with van der Waals surface area (Å²) in [4.78, 5) is 30.6. The first-order chi connectivity index (χ1) is 9.00. The normalized spacial score (nSPS) is 10.5. The first-order valence-electron chi connectivity index (χ1n) is 5.87. The summed E-state index contributed by atoms with van der Waals surface area (Å²) >= 11 is 1.49. The Morgan fingerprint density at radius 2 is 2.16 bits per heavy atom. The molecule has 0 atom stereocenters. The van der Waals surface area contributed by atoms with Gasteiger partial charge in [0.05, 0.1) is 6.54 Å². The number of ketones is 1. The van der Waals surface area contributed by atoms with Gasteiger partial charge in [-0.2, -0.15) is 0 Å². The lowest BCUT2D eigenvalue weighted by molar-refractivity contribution is 0.0945. The second-order valence-electron chi connectivity index (χ2n) is 4.29. The van der Waals surface area contributed by atoms with Crippen molar-refractivity contribution in [1.29, 1.82) is 0 Å². The topological polar surface area (TPSA) is 74.8 Å². The van der Waals surface area contributed by atoms with E-state index in [2.05, 4.69) is 15.3 Å². The van der Waals surface area contributed by atoms with Gasteiger partial charge in [0.2, 0.25) is 0 Å². The van der Waals surface area contributed by atoms with Gasteiger partial charge in [-0.1, -0.05) is 0 Å². The van der Waals surface area contributed by atoms with Crippen LogP contribution in [0.25, 0.3) is 0 Å². The molecule has 2 aromatic heterocycles. The van der Waals surface area contributed by atoms with Gasteiger partial charge in [-0.15, -0.1) is 11.3 Å². The van der Waals surface area contributed by atoms with E-state index >= 15 is 0 Å². The molecule has 2 heterocycles. The summed E-state index contributed by atoms with van der Waals surface area (Å²) in [5.41, 5.74) is 2.46. The van der Waals surface area contributed by atoms with Crippen molar-refractivity contribution in [1.82, 2.24) is 15.3 Å². The molecule has 2 rings (SSSR count). The highest BCUT2D eigenvalue weighted by molar-refractivity contribution is 7.09. The Kier molecular flexibility index (Phi) is 3.80. The van der Waals surface area contributed by atoms with E-state index in [-0.39, 0.29) is 11.7 Å². The van der Waals surface area contributed by atoms with Crippen LogP contribution >= 0.6 is 11.3 Å². The van der Waals surface area contributed by atoms with Crippen LogP contribution in [0.4, 0.5) is 0 Å². The zero-order valence-electron chi connectivity index (χ0n) is 11.0. The van der Waals surface area contributed by atoms with Crippen LogP contribution in [0.3, 0.4) is 0 Å². The fourth-order valence-electron chi connectivity index (χ4n) is 2.09. The molecule has 0 saturated carbocycles. The number of hydrogen-bond donors (Lipinski definition) is 2. The molecule has 0 aliphatic carbocycles. The van der Waals surface area contributed by atoms with Gasteiger partial charge < -0.3 is 10.3 Å². The quantitative estimate of drug-likeness (QED) is 0.841. The van der Waals surface area contributed by atoms with Crippen molar-refractivity contribution in [2.24, 2.45) is 0 Å². The minimum atomic E-state index is -0.219. The number of carbonyl (C=O) groups excluding carboxylic acids is 2. The van der Waals surface area contributed by atoms with Crippen LogP contribution in [-0.2, 0) is 6.54 Å². The first-order valence-corrected chi connectivity index (χ1v) is 6.75. The number of carbonyl (C=O) groups is 2. The van der Waals surface area contributed by atoms with Gasteiger partial charge in [0.25, 0.3) is 5.91 Å². The summed E-state index contributed by atoms with van der Waals surface area (Å²) in [6.07, 6.45) is 1.70. The van der Waals surface area contributed by atoms with Crippen LogP contribution in [0, 0.1) is 13.8 Å². The van der Waals surface area contributed by atoms with E-state index in [1.807, 2.05) is 5.38 Å². The van der Waals surface area contributed by atoms with E-state index in [0.29, 0.717) is 23.4 Å². The predicted molar refractivity (Wildman–Crippen MR) is 73.6 cm³/mol. The SMILES string of the molecule is CC(=O)c1c(C)[nH]c(C(=O)NCc2nccs2)c1C. The zero-order chi connectivity index (χ0) is 14.0. The third-order valence-electron chi connectivity index (χ3n) is 2.90. The molecule has 2 N–H and O–H groups in total. The van der Waals surface area contributed by atoms with Gasteiger partial charge in [0.15, 0.2) is 5.78 Å². The number of amides is 1. The number of rotatable bonds is 4. The Balaban J connectivity index is 2.15. The van der Waals surface area contributed by atoms with Crippen molar-refractivity contribution in [3.63, 3.8) is 0 Å². The summed E-state index contributed by atoms with van der Waals surface area (Å²) in [5, 5.41) is 5.50. The minimum Gasteiger partial charge on any atom is -0.354 e. The Hall–Kier alpha value is -1.95. The van der Waals surface area contributed by atoms with E-state index < -0.39 is 0 Å². The van der Waals surface area contributed by atoms with Crippen molar-refractivity contribution in [3.05, 3.63) is 39.1 Å². The predicted octanol–water partition coefficient (Wildman–Crippen LogP) is 2.22. The molecule has 0 saturated heterocycles. The summed E-state index contributed by atoms with van der Waals surface area (Å²) in [6.45, 7) is 5.46. The maximum Gasteiger partial charge on any atom is 0.268 e. The number of thiazole rings is 1. The largest absolute Gasteiger partial charge is 0.354 e. The lowest BCUT2D eigenvalue weighted by Crippen LogP contribution is -2.23. The molecule has 2 aromatic rings. The number of H-pyrrole nitrogens is 1. The van der Waals surface area contributed by atoms with Crippen LogP contribution in [-0.4, -0.2) is 21.7 Å². The van der Waals surface area contributed by atoms with Gasteiger partial charge in [-0.25, -0.2) is 4.98 Å². The Morgan fingerprint density at radius 1 is 1.42 bits per heavy atom. The number of aromatic nitrogens is 2. The van der Waals surface area contributed by atoms with Crippen LogP contribution in [0.1, 0.15) is 44.0 Å². The maximum absolute atomic E-state index is 12.1. The summed E-state index contributed by atoms with van der Waals surface area (Å²) in [7, 11) is 0. The van der Waals surface area contributed by atoms with Crippen molar-refractivity contribution in [2.75, 3.05) is 0 Å². The Bertz CT molecular complexity index is 614. The molecule has 0 aliphatic rings. The van der Waals surface area contributed by atoms with Crippen LogP contribution in [0.5, 0.6) is 0 Å². The van der Waals surface area contributed by atoms with Crippen molar-refractivity contribution >= 4 is 23.0 Å². The molecular weight excluding hydrogens is 262 g/mol. The van der Waals surface area contributed by atoms with Crippen LogP contribution in [0.15, 0.2) is 11.6 Å². The number of Topliss-reactive ketones (excluding diaryl/α,β-unsaturated/α-hetero) is 1. The zero-order valence-corrected chi connectivity index (χ0v) is 11.9.